The zero-order chi connectivity index (χ0) is 47.2. The quantitative estimate of drug-likeness (QED) is 0.0722. The van der Waals surface area contributed by atoms with Crippen LogP contribution in [0.3, 0.4) is 0 Å². The Morgan fingerprint density at radius 3 is 1.86 bits per heavy atom. The van der Waals surface area contributed by atoms with Crippen molar-refractivity contribution in [2.75, 3.05) is 28.4 Å². The molecule has 6 unspecified atom stereocenters. The number of benzene rings is 3. The first kappa shape index (κ1) is 50.3. The van der Waals surface area contributed by atoms with Crippen LogP contribution >= 0.6 is 0 Å². The number of methoxy groups -OCH3 is 4. The average molecular weight is 890 g/mol. The Morgan fingerprint density at radius 1 is 0.750 bits per heavy atom. The number of nitrogens with two attached hydrogens (primary N) is 1. The Hall–Kier alpha value is -6.33. The molecule has 4 amide bonds. The number of phenols is 1. The molecule has 0 bridgehead atoms. The third-order valence-corrected chi connectivity index (χ3v) is 10.8. The van der Waals surface area contributed by atoms with Crippen LogP contribution in [0.2, 0.25) is 0 Å². The van der Waals surface area contributed by atoms with Gasteiger partial charge in [0.15, 0.2) is 23.0 Å². The summed E-state index contributed by atoms with van der Waals surface area (Å²) in [7, 11) is 5.91. The predicted octanol–water partition coefficient (Wildman–Crippen LogP) is 3.24. The number of aliphatic hydroxyl groups excluding tert-OH is 1. The first-order valence-electron chi connectivity index (χ1n) is 21.2. The first-order chi connectivity index (χ1) is 30.4. The third kappa shape index (κ3) is 13.3. The van der Waals surface area contributed by atoms with E-state index in [1.54, 1.807) is 24.3 Å². The number of fused-ring (bicyclic) bond motifs is 1. The molecule has 0 heterocycles. The van der Waals surface area contributed by atoms with E-state index in [1.165, 1.54) is 34.5 Å². The highest BCUT2D eigenvalue weighted by Gasteiger charge is 2.34. The Kier molecular flexibility index (Phi) is 18.4. The summed E-state index contributed by atoms with van der Waals surface area (Å²) in [6, 6.07) is 10.0. The van der Waals surface area contributed by atoms with E-state index in [9.17, 15) is 39.3 Å². The SMILES string of the molecule is COc1ccc(C2=CC(NC(=O)CC(NC(=O)C(CC(C)C)NC(=O)C(CC(C)C)NC(=O)C(O)C(N)Cc3ccccc3)C(=O)O)CCc3c2cc(OC)c(OC)c3OC)cc1O. The number of carboxylic acids is 1. The van der Waals surface area contributed by atoms with E-state index in [2.05, 4.69) is 21.3 Å². The van der Waals surface area contributed by atoms with E-state index in [4.69, 9.17) is 24.7 Å². The highest BCUT2D eigenvalue weighted by Crippen LogP contribution is 2.47. The third-order valence-electron chi connectivity index (χ3n) is 10.8. The first-order valence-corrected chi connectivity index (χ1v) is 21.2. The van der Waals surface area contributed by atoms with Gasteiger partial charge in [-0.25, -0.2) is 4.79 Å². The van der Waals surface area contributed by atoms with Crippen LogP contribution in [-0.2, 0) is 36.8 Å². The number of carbonyl (C=O) groups is 5. The lowest BCUT2D eigenvalue weighted by Crippen LogP contribution is -2.58. The van der Waals surface area contributed by atoms with Crippen LogP contribution in [0, 0.1) is 11.8 Å². The number of hydrogen-bond acceptors (Lipinski definition) is 12. The molecule has 9 N–H and O–H groups in total. The molecule has 348 valence electrons. The Labute approximate surface area is 374 Å². The van der Waals surface area contributed by atoms with Gasteiger partial charge in [-0.05, 0) is 84.4 Å². The molecule has 6 atom stereocenters. The van der Waals surface area contributed by atoms with E-state index in [0.717, 1.165) is 11.1 Å². The Balaban J connectivity index is 1.53. The maximum atomic E-state index is 13.8. The topological polar surface area (TPSA) is 257 Å². The van der Waals surface area contributed by atoms with Gasteiger partial charge in [0.05, 0.1) is 34.9 Å². The molecule has 0 spiro atoms. The Bertz CT molecular complexity index is 2140. The zero-order valence-corrected chi connectivity index (χ0v) is 37.7. The van der Waals surface area contributed by atoms with Gasteiger partial charge in [-0.3, -0.25) is 19.2 Å². The van der Waals surface area contributed by atoms with Gasteiger partial charge in [0.25, 0.3) is 5.91 Å². The van der Waals surface area contributed by atoms with Crippen LogP contribution in [-0.4, -0.2) is 110 Å². The zero-order valence-electron chi connectivity index (χ0n) is 37.7. The number of rotatable bonds is 22. The molecule has 3 aromatic rings. The highest BCUT2D eigenvalue weighted by atomic mass is 16.5. The van der Waals surface area contributed by atoms with Gasteiger partial charge in [-0.15, -0.1) is 0 Å². The summed E-state index contributed by atoms with van der Waals surface area (Å²) in [6.45, 7) is 7.30. The smallest absolute Gasteiger partial charge is 0.326 e. The number of aliphatic carboxylic acids is 1. The van der Waals surface area contributed by atoms with Crippen molar-refractivity contribution in [2.24, 2.45) is 17.6 Å². The molecular weight excluding hydrogens is 827 g/mol. The fourth-order valence-corrected chi connectivity index (χ4v) is 7.65. The van der Waals surface area contributed by atoms with Gasteiger partial charge in [0, 0.05) is 17.6 Å². The molecule has 64 heavy (non-hydrogen) atoms. The summed E-state index contributed by atoms with van der Waals surface area (Å²) >= 11 is 0. The van der Waals surface area contributed by atoms with E-state index in [1.807, 2.05) is 58.0 Å². The molecular formula is C47H63N5O12. The fourth-order valence-electron chi connectivity index (χ4n) is 7.65. The van der Waals surface area contributed by atoms with Crippen molar-refractivity contribution < 1.29 is 58.2 Å². The second-order valence-corrected chi connectivity index (χ2v) is 16.6. The number of aliphatic hydroxyl groups is 1. The minimum absolute atomic E-state index is 0.0944. The number of amides is 4. The van der Waals surface area contributed by atoms with Crippen molar-refractivity contribution in [3.05, 3.63) is 82.9 Å². The lowest BCUT2D eigenvalue weighted by atomic mass is 9.92. The second-order valence-electron chi connectivity index (χ2n) is 16.6. The normalized spacial score (nSPS) is 15.8. The van der Waals surface area contributed by atoms with Gasteiger partial charge in [0.2, 0.25) is 23.5 Å². The van der Waals surface area contributed by atoms with Crippen molar-refractivity contribution >= 4 is 35.2 Å². The van der Waals surface area contributed by atoms with Crippen molar-refractivity contribution in [2.45, 2.75) is 103 Å². The maximum absolute atomic E-state index is 13.8. The molecule has 0 saturated heterocycles. The average Bonchev–Trinajstić information content (AvgIpc) is 3.43. The number of nitrogens with one attached hydrogen (secondary N) is 4. The highest BCUT2D eigenvalue weighted by molar-refractivity contribution is 5.95. The summed E-state index contributed by atoms with van der Waals surface area (Å²) in [5.74, 6) is -3.52. The molecule has 17 heteroatoms. The minimum atomic E-state index is -1.69. The Morgan fingerprint density at radius 2 is 1.33 bits per heavy atom. The molecule has 0 aliphatic heterocycles. The molecule has 4 rings (SSSR count). The van der Waals surface area contributed by atoms with Crippen LogP contribution in [0.1, 0.15) is 75.6 Å². The molecule has 0 saturated carbocycles. The van der Waals surface area contributed by atoms with Crippen molar-refractivity contribution in [3.63, 3.8) is 0 Å². The summed E-state index contributed by atoms with van der Waals surface area (Å²) in [4.78, 5) is 67.1. The van der Waals surface area contributed by atoms with Gasteiger partial charge < -0.3 is 61.3 Å². The molecule has 0 aromatic heterocycles. The van der Waals surface area contributed by atoms with Crippen molar-refractivity contribution in [1.29, 1.82) is 0 Å². The number of carboxylic acid groups (broad SMARTS) is 1. The monoisotopic (exact) mass is 889 g/mol. The summed E-state index contributed by atoms with van der Waals surface area (Å²) in [6.07, 6.45) is 0.672. The number of ether oxygens (including phenoxy) is 4. The second kappa shape index (κ2) is 23.4. The van der Waals surface area contributed by atoms with Gasteiger partial charge in [-0.2, -0.15) is 0 Å². The van der Waals surface area contributed by atoms with Crippen LogP contribution in [0.5, 0.6) is 28.7 Å². The predicted molar refractivity (Wildman–Crippen MR) is 239 cm³/mol. The summed E-state index contributed by atoms with van der Waals surface area (Å²) in [5, 5.41) is 42.3. The van der Waals surface area contributed by atoms with E-state index in [0.29, 0.717) is 46.8 Å². The number of carbonyl (C=O) groups excluding carboxylic acids is 4. The van der Waals surface area contributed by atoms with Crippen LogP contribution in [0.15, 0.2) is 60.7 Å². The van der Waals surface area contributed by atoms with E-state index in [-0.39, 0.29) is 42.6 Å². The molecule has 0 fully saturated rings. The van der Waals surface area contributed by atoms with Gasteiger partial charge in [0.1, 0.15) is 24.2 Å². The van der Waals surface area contributed by atoms with Crippen LogP contribution in [0.4, 0.5) is 0 Å². The number of hydrogen-bond donors (Lipinski definition) is 8. The molecule has 0 radical (unpaired) electrons. The largest absolute Gasteiger partial charge is 0.504 e. The lowest BCUT2D eigenvalue weighted by molar-refractivity contribution is -0.144. The van der Waals surface area contributed by atoms with E-state index >= 15 is 0 Å². The van der Waals surface area contributed by atoms with Crippen molar-refractivity contribution in [1.82, 2.24) is 21.3 Å². The minimum Gasteiger partial charge on any atom is -0.504 e. The van der Waals surface area contributed by atoms with Crippen molar-refractivity contribution in [3.8, 4) is 28.7 Å². The van der Waals surface area contributed by atoms with Crippen LogP contribution < -0.4 is 45.9 Å². The van der Waals surface area contributed by atoms with E-state index < -0.39 is 72.3 Å². The number of phenolic OH excluding ortho intramolecular Hbond substituents is 1. The molecule has 3 aromatic carbocycles. The van der Waals surface area contributed by atoms with Gasteiger partial charge in [-0.1, -0.05) is 70.2 Å². The van der Waals surface area contributed by atoms with Crippen LogP contribution in [0.25, 0.3) is 5.57 Å². The molecule has 1 aliphatic carbocycles. The summed E-state index contributed by atoms with van der Waals surface area (Å²) in [5.41, 5.74) is 9.58. The summed E-state index contributed by atoms with van der Waals surface area (Å²) < 4.78 is 22.3. The standard InChI is InChI=1S/C47H63N5O12/c1-25(2)18-34(50-44(56)35(19-26(3)4)51-46(58)41(55)33(48)20-27-12-10-9-11-13-27)45(57)52-36(47(59)60)24-40(54)49-29-15-16-30-32(23-39(62-6)43(64-8)42(30)63-7)31(22-29)28-14-17-38(61-5)37(53)21-28/h9-14,17,21-23,25-26,29,33-36,41,53,55H,15-16,18-20,24,48H2,1-8H3,(H,49,54)(H,50,56)(H,51,58)(H,52,57)(H,59,60). The fraction of sp³-hybridized carbons (Fsp3) is 0.468. The lowest BCUT2D eigenvalue weighted by Gasteiger charge is -2.27. The number of aromatic hydroxyl groups is 1. The molecule has 17 nitrogen and oxygen atoms in total. The molecule has 1 aliphatic rings. The maximum Gasteiger partial charge on any atom is 0.326 e. The van der Waals surface area contributed by atoms with Gasteiger partial charge >= 0.3 is 5.97 Å².